The van der Waals surface area contributed by atoms with Gasteiger partial charge in [-0.2, -0.15) is 0 Å². The summed E-state index contributed by atoms with van der Waals surface area (Å²) in [5, 5.41) is 15.0. The molecule has 0 aliphatic rings. The highest BCUT2D eigenvalue weighted by Crippen LogP contribution is 1.48. The number of quaternary nitrogens is 1. The van der Waals surface area contributed by atoms with Gasteiger partial charge in [-0.1, -0.05) is 0 Å². The van der Waals surface area contributed by atoms with E-state index in [0.717, 1.165) is 0 Å². The maximum atomic E-state index is 9.12. The molecule has 0 aliphatic carbocycles. The molecule has 0 bridgehead atoms. The Balaban J connectivity index is -0.0000000800. The highest BCUT2D eigenvalue weighted by atomic mass is 16.4. The lowest BCUT2D eigenvalue weighted by Crippen LogP contribution is -1.98. The first kappa shape index (κ1) is 16.2. The Kier molecular flexibility index (Phi) is 20.9. The minimum atomic E-state index is -1.19. The molecule has 0 saturated carbocycles. The molecule has 0 aliphatic heterocycles. The molecule has 0 unspecified atom stereocenters. The zero-order valence-electron chi connectivity index (χ0n) is 3.96. The van der Waals surface area contributed by atoms with E-state index in [4.69, 9.17) is 15.0 Å². The normalized spacial score (nSPS) is 5.29. The summed E-state index contributed by atoms with van der Waals surface area (Å²) in [6, 6.07) is 0. The van der Waals surface area contributed by atoms with Gasteiger partial charge in [0.25, 0.3) is 0 Å². The highest BCUT2D eigenvalue weighted by Gasteiger charge is 1.82. The largest absolute Gasteiger partial charge is 0.870 e. The lowest BCUT2D eigenvalue weighted by Gasteiger charge is -1.72. The van der Waals surface area contributed by atoms with Crippen molar-refractivity contribution in [1.29, 1.82) is 0 Å². The number of hydrogen-bond donors (Lipinski definition) is 3. The number of carbonyl (C=O) groups is 1. The molecule has 7 heavy (non-hydrogen) atoms. The molecule has 0 aromatic heterocycles. The van der Waals surface area contributed by atoms with Gasteiger partial charge in [0.05, 0.1) is 0 Å². The monoisotopic (exact) mass is 111 g/mol. The SMILES string of the molecule is O=C(O)CO.[NH4+].[OH-]. The van der Waals surface area contributed by atoms with E-state index in [1.54, 1.807) is 0 Å². The van der Waals surface area contributed by atoms with Crippen molar-refractivity contribution in [3.63, 3.8) is 0 Å². The summed E-state index contributed by atoms with van der Waals surface area (Å²) in [7, 11) is 0. The Hall–Kier alpha value is -0.650. The fraction of sp³-hybridized carbons (Fsp3) is 0.500. The molecular weight excluding hydrogens is 102 g/mol. The number of aliphatic hydroxyl groups is 1. The van der Waals surface area contributed by atoms with Gasteiger partial charge in [-0.05, 0) is 0 Å². The van der Waals surface area contributed by atoms with Crippen LogP contribution in [0, 0.1) is 0 Å². The molecule has 0 rings (SSSR count). The number of aliphatic carboxylic acids is 1. The van der Waals surface area contributed by atoms with Gasteiger partial charge in [0, 0.05) is 0 Å². The van der Waals surface area contributed by atoms with Gasteiger partial charge < -0.3 is 21.8 Å². The summed E-state index contributed by atoms with van der Waals surface area (Å²) in [6.45, 7) is -0.778. The Labute approximate surface area is 40.5 Å². The maximum Gasteiger partial charge on any atom is 0.329 e. The molecule has 0 aromatic carbocycles. The Bertz CT molecular complexity index is 45.0. The fourth-order valence-electron chi connectivity index (χ4n) is 0. The van der Waals surface area contributed by atoms with Crippen molar-refractivity contribution < 1.29 is 20.5 Å². The van der Waals surface area contributed by atoms with Crippen LogP contribution in [-0.4, -0.2) is 28.3 Å². The molecular formula is C2H9NO4. The van der Waals surface area contributed by atoms with Gasteiger partial charge in [-0.3, -0.25) is 0 Å². The molecule has 0 radical (unpaired) electrons. The van der Waals surface area contributed by atoms with E-state index < -0.39 is 12.6 Å². The summed E-state index contributed by atoms with van der Waals surface area (Å²) in [5.41, 5.74) is 0. The van der Waals surface area contributed by atoms with Crippen LogP contribution < -0.4 is 6.15 Å². The van der Waals surface area contributed by atoms with Crippen molar-refractivity contribution in [3.8, 4) is 0 Å². The third kappa shape index (κ3) is 32.9. The summed E-state index contributed by atoms with van der Waals surface area (Å²) in [6.07, 6.45) is 0. The van der Waals surface area contributed by atoms with Crippen LogP contribution in [0.5, 0.6) is 0 Å². The molecule has 0 aromatic rings. The number of carboxylic acids is 1. The van der Waals surface area contributed by atoms with Gasteiger partial charge in [0.2, 0.25) is 0 Å². The predicted octanol–water partition coefficient (Wildman–Crippen LogP) is -0.737. The molecule has 46 valence electrons. The molecule has 0 saturated heterocycles. The third-order valence-corrected chi connectivity index (χ3v) is 0.135. The van der Waals surface area contributed by atoms with Crippen molar-refractivity contribution in [2.24, 2.45) is 0 Å². The second kappa shape index (κ2) is 9.02. The van der Waals surface area contributed by atoms with E-state index in [1.807, 2.05) is 0 Å². The summed E-state index contributed by atoms with van der Waals surface area (Å²) >= 11 is 0. The second-order valence-electron chi connectivity index (χ2n) is 0.552. The van der Waals surface area contributed by atoms with E-state index in [0.29, 0.717) is 0 Å². The minimum absolute atomic E-state index is 0. The number of aliphatic hydroxyl groups excluding tert-OH is 1. The first-order valence-electron chi connectivity index (χ1n) is 1.10. The Morgan fingerprint density at radius 3 is 1.71 bits per heavy atom. The van der Waals surface area contributed by atoms with Gasteiger partial charge in [0.15, 0.2) is 0 Å². The lowest BCUT2D eigenvalue weighted by atomic mass is 10.8. The molecule has 0 atom stereocenters. The van der Waals surface area contributed by atoms with Gasteiger partial charge in [-0.15, -0.1) is 0 Å². The summed E-state index contributed by atoms with van der Waals surface area (Å²) in [5.74, 6) is -1.19. The molecule has 7 N–H and O–H groups in total. The van der Waals surface area contributed by atoms with E-state index in [1.165, 1.54) is 0 Å². The lowest BCUT2D eigenvalue weighted by molar-refractivity contribution is -0.140. The fourth-order valence-corrected chi connectivity index (χ4v) is 0. The third-order valence-electron chi connectivity index (χ3n) is 0.135. The second-order valence-corrected chi connectivity index (χ2v) is 0.552. The van der Waals surface area contributed by atoms with Crippen molar-refractivity contribution in [1.82, 2.24) is 6.15 Å². The molecule has 0 fully saturated rings. The van der Waals surface area contributed by atoms with Gasteiger partial charge >= 0.3 is 5.97 Å². The standard InChI is InChI=1S/C2H4O3.H3N.H2O/c3-1-2(4)5;;/h3H,1H2,(H,4,5);1H3;1H2. The Morgan fingerprint density at radius 1 is 1.57 bits per heavy atom. The number of carboxylic acid groups (broad SMARTS) is 1. The predicted molar refractivity (Wildman–Crippen MR) is 22.6 cm³/mol. The van der Waals surface area contributed by atoms with E-state index >= 15 is 0 Å². The Morgan fingerprint density at radius 2 is 1.71 bits per heavy atom. The molecule has 0 amide bonds. The highest BCUT2D eigenvalue weighted by molar-refractivity contribution is 5.67. The van der Waals surface area contributed by atoms with Crippen LogP contribution in [0.1, 0.15) is 0 Å². The van der Waals surface area contributed by atoms with Crippen LogP contribution >= 0.6 is 0 Å². The number of rotatable bonds is 1. The minimum Gasteiger partial charge on any atom is -0.870 e. The average Bonchev–Trinajstić information content (AvgIpc) is 1.38. The van der Waals surface area contributed by atoms with Crippen LogP contribution in [0.2, 0.25) is 0 Å². The van der Waals surface area contributed by atoms with Crippen molar-refractivity contribution in [3.05, 3.63) is 0 Å². The van der Waals surface area contributed by atoms with E-state index in [2.05, 4.69) is 0 Å². The summed E-state index contributed by atoms with van der Waals surface area (Å²) in [4.78, 5) is 9.12. The molecule has 0 spiro atoms. The van der Waals surface area contributed by atoms with E-state index in [-0.39, 0.29) is 11.6 Å². The molecule has 5 nitrogen and oxygen atoms in total. The van der Waals surface area contributed by atoms with Crippen LogP contribution in [-0.2, 0) is 4.79 Å². The smallest absolute Gasteiger partial charge is 0.329 e. The quantitative estimate of drug-likeness (QED) is 0.412. The topological polar surface area (TPSA) is 124 Å². The average molecular weight is 111 g/mol. The van der Waals surface area contributed by atoms with Crippen LogP contribution in [0.15, 0.2) is 0 Å². The maximum absolute atomic E-state index is 9.12. The molecule has 0 heterocycles. The van der Waals surface area contributed by atoms with E-state index in [9.17, 15) is 0 Å². The van der Waals surface area contributed by atoms with Crippen LogP contribution in [0.4, 0.5) is 0 Å². The van der Waals surface area contributed by atoms with Crippen LogP contribution in [0.3, 0.4) is 0 Å². The first-order chi connectivity index (χ1) is 2.27. The molecule has 5 heteroatoms. The van der Waals surface area contributed by atoms with Crippen molar-refractivity contribution in [2.45, 2.75) is 0 Å². The van der Waals surface area contributed by atoms with Crippen molar-refractivity contribution in [2.75, 3.05) is 6.61 Å². The van der Waals surface area contributed by atoms with Crippen LogP contribution in [0.25, 0.3) is 0 Å². The first-order valence-corrected chi connectivity index (χ1v) is 1.10. The van der Waals surface area contributed by atoms with Gasteiger partial charge in [0.1, 0.15) is 6.61 Å². The zero-order valence-corrected chi connectivity index (χ0v) is 3.96. The van der Waals surface area contributed by atoms with Gasteiger partial charge in [-0.25, -0.2) is 4.79 Å². The zero-order chi connectivity index (χ0) is 4.28. The summed E-state index contributed by atoms with van der Waals surface area (Å²) < 4.78 is 0. The number of hydrogen-bond acceptors (Lipinski definition) is 3. The van der Waals surface area contributed by atoms with Crippen molar-refractivity contribution >= 4 is 5.97 Å².